The molecule has 0 aromatic carbocycles. The average molecular weight is 416 g/mol. The maximum absolute atomic E-state index is 12.2. The number of piperidine rings is 2. The van der Waals surface area contributed by atoms with Crippen molar-refractivity contribution >= 4 is 5.97 Å². The number of aliphatic hydroxyl groups excluding tert-OH is 1. The van der Waals surface area contributed by atoms with Crippen LogP contribution in [0.4, 0.5) is 0 Å². The highest BCUT2D eigenvalue weighted by Crippen LogP contribution is 2.53. The number of cyclic esters (lactones) is 1. The second kappa shape index (κ2) is 7.41. The molecule has 30 heavy (non-hydrogen) atoms. The molecule has 3 fully saturated rings. The van der Waals surface area contributed by atoms with E-state index in [-0.39, 0.29) is 30.0 Å². The Hall–Kier alpha value is -1.79. The van der Waals surface area contributed by atoms with Gasteiger partial charge in [-0.3, -0.25) is 4.90 Å². The van der Waals surface area contributed by atoms with Crippen molar-refractivity contribution in [1.82, 2.24) is 4.90 Å². The largest absolute Gasteiger partial charge is 0.492 e. The van der Waals surface area contributed by atoms with E-state index in [0.29, 0.717) is 40.9 Å². The van der Waals surface area contributed by atoms with Crippen LogP contribution in [0.25, 0.3) is 0 Å². The fourth-order valence-electron chi connectivity index (χ4n) is 6.70. The molecule has 0 aliphatic carbocycles. The first kappa shape index (κ1) is 20.1. The zero-order chi connectivity index (χ0) is 21.2. The van der Waals surface area contributed by atoms with Gasteiger partial charge in [0.25, 0.3) is 0 Å². The Morgan fingerprint density at radius 1 is 1.27 bits per heavy atom. The van der Waals surface area contributed by atoms with Crippen molar-refractivity contribution in [3.63, 3.8) is 0 Å². The first-order valence-corrected chi connectivity index (χ1v) is 11.5. The highest BCUT2D eigenvalue weighted by Gasteiger charge is 2.54. The van der Waals surface area contributed by atoms with Crippen molar-refractivity contribution in [2.24, 2.45) is 17.8 Å². The Bertz CT molecular complexity index is 843. The molecular weight excluding hydrogens is 382 g/mol. The maximum atomic E-state index is 12.2. The van der Waals surface area contributed by atoms with Gasteiger partial charge in [-0.2, -0.15) is 0 Å². The predicted molar refractivity (Wildman–Crippen MR) is 111 cm³/mol. The van der Waals surface area contributed by atoms with Crippen LogP contribution in [0.1, 0.15) is 59.3 Å². The number of carbonyl (C=O) groups is 1. The Labute approximate surface area is 178 Å². The minimum Gasteiger partial charge on any atom is -0.492 e. The number of hydrogen-bond acceptors (Lipinski definition) is 6. The molecule has 5 aliphatic heterocycles. The van der Waals surface area contributed by atoms with Gasteiger partial charge in [0.05, 0.1) is 18.8 Å². The van der Waals surface area contributed by atoms with E-state index in [1.165, 1.54) is 12.8 Å². The maximum Gasteiger partial charge on any atom is 0.343 e. The lowest BCUT2D eigenvalue weighted by Crippen LogP contribution is -2.63. The molecule has 5 rings (SSSR count). The fourth-order valence-corrected chi connectivity index (χ4v) is 6.70. The smallest absolute Gasteiger partial charge is 0.343 e. The molecule has 2 bridgehead atoms. The number of ether oxygens (including phenoxy) is 3. The second-order valence-corrected chi connectivity index (χ2v) is 9.55. The summed E-state index contributed by atoms with van der Waals surface area (Å²) >= 11 is 0. The number of carbonyl (C=O) groups excluding carboxylic acids is 1. The number of aliphatic hydroxyl groups is 1. The van der Waals surface area contributed by atoms with E-state index in [4.69, 9.17) is 14.2 Å². The SMILES string of the molecule is CC[C@H](O)[C@@H]1[C@@H]2CC[C@H]3CC=C4O/C(=C5\OC(=O)C(C)=C5OC)[C@@H](C)[C@@H]4[C@H](CC2)N31. The van der Waals surface area contributed by atoms with Crippen LogP contribution >= 0.6 is 0 Å². The molecule has 164 valence electrons. The van der Waals surface area contributed by atoms with E-state index >= 15 is 0 Å². The van der Waals surface area contributed by atoms with E-state index in [2.05, 4.69) is 24.8 Å². The van der Waals surface area contributed by atoms with Gasteiger partial charge in [-0.05, 0) is 57.4 Å². The molecule has 0 aromatic rings. The van der Waals surface area contributed by atoms with Gasteiger partial charge in [0.15, 0.2) is 11.5 Å². The molecule has 6 heteroatoms. The van der Waals surface area contributed by atoms with Crippen LogP contribution in [-0.4, -0.2) is 47.3 Å². The van der Waals surface area contributed by atoms with Crippen LogP contribution in [0.15, 0.2) is 34.7 Å². The van der Waals surface area contributed by atoms with Crippen LogP contribution in [0.5, 0.6) is 0 Å². The first-order valence-electron chi connectivity index (χ1n) is 11.5. The first-order chi connectivity index (χ1) is 14.5. The second-order valence-electron chi connectivity index (χ2n) is 9.55. The number of fused-ring (bicyclic) bond motifs is 3. The number of methoxy groups -OCH3 is 1. The van der Waals surface area contributed by atoms with Gasteiger partial charge >= 0.3 is 5.97 Å². The van der Waals surface area contributed by atoms with Gasteiger partial charge in [-0.1, -0.05) is 13.8 Å². The van der Waals surface area contributed by atoms with Crippen molar-refractivity contribution in [3.8, 4) is 0 Å². The highest BCUT2D eigenvalue weighted by molar-refractivity contribution is 5.93. The third-order valence-corrected chi connectivity index (χ3v) is 8.14. The molecule has 6 nitrogen and oxygen atoms in total. The molecule has 0 amide bonds. The molecule has 5 aliphatic rings. The Balaban J connectivity index is 1.54. The van der Waals surface area contributed by atoms with Gasteiger partial charge in [-0.25, -0.2) is 4.79 Å². The van der Waals surface area contributed by atoms with E-state index < -0.39 is 0 Å². The third kappa shape index (κ3) is 2.79. The summed E-state index contributed by atoms with van der Waals surface area (Å²) < 4.78 is 17.5. The standard InChI is InChI=1S/C24H33NO5/c1-5-17(26)20-14-6-8-15-9-11-18-19(16(10-7-14)25(15)20)12(2)22(29-18)23-21(28-4)13(3)24(27)30-23/h11-12,14-17,19-20,26H,5-10H2,1-4H3/b23-22-/t12-,14+,15-,16-,17-,19+,20-/m0/s1. The van der Waals surface area contributed by atoms with Crippen molar-refractivity contribution in [1.29, 1.82) is 0 Å². The zero-order valence-corrected chi connectivity index (χ0v) is 18.4. The number of rotatable bonds is 3. The van der Waals surface area contributed by atoms with Gasteiger partial charge in [0.2, 0.25) is 5.76 Å². The molecule has 0 spiro atoms. The summed E-state index contributed by atoms with van der Waals surface area (Å²) in [6, 6.07) is 1.06. The quantitative estimate of drug-likeness (QED) is 0.710. The summed E-state index contributed by atoms with van der Waals surface area (Å²) in [4.78, 5) is 14.8. The van der Waals surface area contributed by atoms with Crippen LogP contribution in [0.3, 0.4) is 0 Å². The van der Waals surface area contributed by atoms with Crippen LogP contribution in [-0.2, 0) is 19.0 Å². The molecule has 7 atom stereocenters. The van der Waals surface area contributed by atoms with Crippen molar-refractivity contribution in [2.45, 2.75) is 83.5 Å². The summed E-state index contributed by atoms with van der Waals surface area (Å²) in [6.07, 6.45) is 8.41. The highest BCUT2D eigenvalue weighted by atomic mass is 16.6. The minimum absolute atomic E-state index is 0.0803. The third-order valence-electron chi connectivity index (χ3n) is 8.14. The summed E-state index contributed by atoms with van der Waals surface area (Å²) in [6.45, 7) is 5.98. The molecular formula is C24H33NO5. The number of nitrogens with zero attached hydrogens (tertiary/aromatic N) is 1. The average Bonchev–Trinajstić information content (AvgIpc) is 3.14. The Morgan fingerprint density at radius 3 is 2.77 bits per heavy atom. The van der Waals surface area contributed by atoms with E-state index in [1.54, 1.807) is 14.0 Å². The Morgan fingerprint density at radius 2 is 2.03 bits per heavy atom. The molecule has 3 saturated heterocycles. The minimum atomic E-state index is -0.367. The monoisotopic (exact) mass is 415 g/mol. The van der Waals surface area contributed by atoms with Crippen molar-refractivity contribution < 1.29 is 24.1 Å². The van der Waals surface area contributed by atoms with E-state index in [0.717, 1.165) is 31.4 Å². The molecule has 0 unspecified atom stereocenters. The van der Waals surface area contributed by atoms with Gasteiger partial charge in [0.1, 0.15) is 5.76 Å². The Kier molecular flexibility index (Phi) is 4.98. The zero-order valence-electron chi connectivity index (χ0n) is 18.4. The number of hydrogen-bond donors (Lipinski definition) is 1. The molecule has 0 aromatic heterocycles. The number of esters is 1. The van der Waals surface area contributed by atoms with Crippen LogP contribution < -0.4 is 0 Å². The van der Waals surface area contributed by atoms with Gasteiger partial charge in [0, 0.05) is 30.0 Å². The summed E-state index contributed by atoms with van der Waals surface area (Å²) in [5.74, 6) is 3.15. The summed E-state index contributed by atoms with van der Waals surface area (Å²) in [5.41, 5.74) is 0.486. The van der Waals surface area contributed by atoms with Gasteiger partial charge < -0.3 is 19.3 Å². The lowest BCUT2D eigenvalue weighted by atomic mass is 9.70. The normalized spacial score (nSPS) is 41.6. The van der Waals surface area contributed by atoms with Crippen LogP contribution in [0.2, 0.25) is 0 Å². The molecule has 5 heterocycles. The summed E-state index contributed by atoms with van der Waals surface area (Å²) in [7, 11) is 1.56. The molecule has 1 N–H and O–H groups in total. The van der Waals surface area contributed by atoms with E-state index in [9.17, 15) is 9.90 Å². The lowest BCUT2D eigenvalue weighted by Gasteiger charge is -2.56. The topological polar surface area (TPSA) is 68.2 Å². The summed E-state index contributed by atoms with van der Waals surface area (Å²) in [5, 5.41) is 10.9. The lowest BCUT2D eigenvalue weighted by molar-refractivity contribution is -0.133. The van der Waals surface area contributed by atoms with Crippen molar-refractivity contribution in [3.05, 3.63) is 34.7 Å². The molecule has 0 radical (unpaired) electrons. The van der Waals surface area contributed by atoms with Gasteiger partial charge in [-0.15, -0.1) is 0 Å². The predicted octanol–water partition coefficient (Wildman–Crippen LogP) is 3.63. The fraction of sp³-hybridized carbons (Fsp3) is 0.708. The van der Waals surface area contributed by atoms with E-state index in [1.807, 2.05) is 0 Å². The van der Waals surface area contributed by atoms with Crippen LogP contribution in [0, 0.1) is 17.8 Å². The van der Waals surface area contributed by atoms with Crippen molar-refractivity contribution in [2.75, 3.05) is 7.11 Å². The number of allylic oxidation sites excluding steroid dienone is 1. The molecule has 0 saturated carbocycles.